The number of aromatic hydroxyl groups is 2. The van der Waals surface area contributed by atoms with Crippen molar-refractivity contribution in [3.8, 4) is 11.5 Å². The van der Waals surface area contributed by atoms with Crippen LogP contribution in [0.3, 0.4) is 0 Å². The van der Waals surface area contributed by atoms with Gasteiger partial charge in [0.05, 0.1) is 0 Å². The Morgan fingerprint density at radius 1 is 1.12 bits per heavy atom. The zero-order valence-corrected chi connectivity index (χ0v) is 9.66. The van der Waals surface area contributed by atoms with Gasteiger partial charge in [-0.25, -0.2) is 0 Å². The van der Waals surface area contributed by atoms with Gasteiger partial charge in [-0.05, 0) is 24.5 Å². The molecule has 3 heteroatoms. The average Bonchev–Trinajstić information content (AvgIpc) is 2.27. The van der Waals surface area contributed by atoms with Crippen LogP contribution >= 0.6 is 0 Å². The number of phenolic OH excluding ortho intramolecular Hbond substituents is 2. The van der Waals surface area contributed by atoms with Crippen molar-refractivity contribution in [2.45, 2.75) is 39.0 Å². The standard InChI is InChI=1S/C13H19NO2/c1-2-3-4-5-6-10-7-11(9-14)13(16)8-12(10)15/h7-9,14-16H,2-6H2,1H3. The predicted molar refractivity (Wildman–Crippen MR) is 65.5 cm³/mol. The van der Waals surface area contributed by atoms with Gasteiger partial charge in [0.2, 0.25) is 0 Å². The summed E-state index contributed by atoms with van der Waals surface area (Å²) in [5, 5.41) is 26.2. The third-order valence-electron chi connectivity index (χ3n) is 2.68. The molecule has 88 valence electrons. The van der Waals surface area contributed by atoms with Crippen molar-refractivity contribution >= 4 is 6.21 Å². The van der Waals surface area contributed by atoms with Gasteiger partial charge in [0.15, 0.2) is 0 Å². The minimum absolute atomic E-state index is 0.0372. The number of phenols is 2. The molecule has 16 heavy (non-hydrogen) atoms. The second-order valence-corrected chi connectivity index (χ2v) is 3.99. The number of rotatable bonds is 6. The lowest BCUT2D eigenvalue weighted by Gasteiger charge is -2.07. The van der Waals surface area contributed by atoms with Crippen LogP contribution in [-0.2, 0) is 6.42 Å². The van der Waals surface area contributed by atoms with E-state index in [1.807, 2.05) is 0 Å². The molecule has 0 aliphatic heterocycles. The van der Waals surface area contributed by atoms with Crippen molar-refractivity contribution in [1.82, 2.24) is 0 Å². The van der Waals surface area contributed by atoms with E-state index in [0.29, 0.717) is 5.56 Å². The summed E-state index contributed by atoms with van der Waals surface area (Å²) in [7, 11) is 0. The lowest BCUT2D eigenvalue weighted by molar-refractivity contribution is 0.444. The van der Waals surface area contributed by atoms with Crippen LogP contribution in [0.25, 0.3) is 0 Å². The summed E-state index contributed by atoms with van der Waals surface area (Å²) >= 11 is 0. The highest BCUT2D eigenvalue weighted by Gasteiger charge is 2.06. The Morgan fingerprint density at radius 2 is 1.88 bits per heavy atom. The molecule has 0 spiro atoms. The maximum atomic E-state index is 9.63. The van der Waals surface area contributed by atoms with Gasteiger partial charge in [-0.15, -0.1) is 0 Å². The van der Waals surface area contributed by atoms with E-state index >= 15 is 0 Å². The van der Waals surface area contributed by atoms with Gasteiger partial charge in [-0.3, -0.25) is 0 Å². The van der Waals surface area contributed by atoms with Gasteiger partial charge in [0.25, 0.3) is 0 Å². The fourth-order valence-corrected chi connectivity index (χ4v) is 1.70. The van der Waals surface area contributed by atoms with E-state index in [0.717, 1.165) is 31.0 Å². The van der Waals surface area contributed by atoms with E-state index in [2.05, 4.69) is 6.92 Å². The molecule has 0 unspecified atom stereocenters. The fourth-order valence-electron chi connectivity index (χ4n) is 1.70. The summed E-state index contributed by atoms with van der Waals surface area (Å²) in [6.07, 6.45) is 6.47. The van der Waals surface area contributed by atoms with E-state index in [4.69, 9.17) is 5.41 Å². The fraction of sp³-hybridized carbons (Fsp3) is 0.462. The van der Waals surface area contributed by atoms with Crippen molar-refractivity contribution in [3.63, 3.8) is 0 Å². The van der Waals surface area contributed by atoms with Crippen LogP contribution in [-0.4, -0.2) is 16.4 Å². The Kier molecular flexibility index (Phi) is 4.83. The maximum absolute atomic E-state index is 9.63. The highest BCUT2D eigenvalue weighted by atomic mass is 16.3. The van der Waals surface area contributed by atoms with Crippen LogP contribution in [0.5, 0.6) is 11.5 Å². The van der Waals surface area contributed by atoms with E-state index < -0.39 is 0 Å². The number of hydrogen-bond donors (Lipinski definition) is 3. The summed E-state index contributed by atoms with van der Waals surface area (Å²) in [6.45, 7) is 2.16. The molecule has 0 saturated heterocycles. The molecule has 0 aromatic heterocycles. The molecule has 0 atom stereocenters. The van der Waals surface area contributed by atoms with Crippen LogP contribution in [0.15, 0.2) is 12.1 Å². The third-order valence-corrected chi connectivity index (χ3v) is 2.68. The average molecular weight is 221 g/mol. The number of unbranched alkanes of at least 4 members (excludes halogenated alkanes) is 3. The highest BCUT2D eigenvalue weighted by Crippen LogP contribution is 2.27. The van der Waals surface area contributed by atoms with Crippen LogP contribution in [0.4, 0.5) is 0 Å². The van der Waals surface area contributed by atoms with Gasteiger partial charge in [0, 0.05) is 17.8 Å². The third kappa shape index (κ3) is 3.26. The van der Waals surface area contributed by atoms with Gasteiger partial charge in [-0.2, -0.15) is 0 Å². The van der Waals surface area contributed by atoms with Crippen molar-refractivity contribution in [2.75, 3.05) is 0 Å². The molecule has 1 aromatic carbocycles. The number of hydrogen-bond acceptors (Lipinski definition) is 3. The molecule has 3 nitrogen and oxygen atoms in total. The monoisotopic (exact) mass is 221 g/mol. The van der Waals surface area contributed by atoms with Crippen molar-refractivity contribution in [1.29, 1.82) is 5.41 Å². The van der Waals surface area contributed by atoms with E-state index in [9.17, 15) is 10.2 Å². The van der Waals surface area contributed by atoms with Gasteiger partial charge >= 0.3 is 0 Å². The van der Waals surface area contributed by atoms with Gasteiger partial charge in [0.1, 0.15) is 11.5 Å². The van der Waals surface area contributed by atoms with Gasteiger partial charge in [-0.1, -0.05) is 26.2 Å². The summed E-state index contributed by atoms with van der Waals surface area (Å²) in [4.78, 5) is 0. The molecule has 0 heterocycles. The number of nitrogens with one attached hydrogen (secondary N) is 1. The van der Waals surface area contributed by atoms with E-state index in [1.54, 1.807) is 6.07 Å². The lowest BCUT2D eigenvalue weighted by atomic mass is 10.0. The quantitative estimate of drug-likeness (QED) is 0.510. The van der Waals surface area contributed by atoms with Crippen LogP contribution in [0.1, 0.15) is 43.7 Å². The first-order valence-corrected chi connectivity index (χ1v) is 5.74. The molecule has 0 amide bonds. The Labute approximate surface area is 96.3 Å². The minimum atomic E-state index is -0.0372. The molecule has 0 saturated carbocycles. The summed E-state index contributed by atoms with van der Waals surface area (Å²) < 4.78 is 0. The number of benzene rings is 1. The normalized spacial score (nSPS) is 10.3. The SMILES string of the molecule is CCCCCCc1cc(C=N)c(O)cc1O. The summed E-state index contributed by atoms with van der Waals surface area (Å²) in [6, 6.07) is 3.00. The van der Waals surface area contributed by atoms with Gasteiger partial charge < -0.3 is 15.6 Å². The first-order valence-electron chi connectivity index (χ1n) is 5.74. The minimum Gasteiger partial charge on any atom is -0.508 e. The predicted octanol–water partition coefficient (Wildman–Crippen LogP) is 3.22. The molecule has 0 aliphatic carbocycles. The largest absolute Gasteiger partial charge is 0.508 e. The Balaban J connectivity index is 2.68. The molecule has 0 bridgehead atoms. The molecule has 3 N–H and O–H groups in total. The lowest BCUT2D eigenvalue weighted by Crippen LogP contribution is -1.90. The Morgan fingerprint density at radius 3 is 2.50 bits per heavy atom. The second kappa shape index (κ2) is 6.16. The van der Waals surface area contributed by atoms with Crippen LogP contribution in [0, 0.1) is 5.41 Å². The highest BCUT2D eigenvalue weighted by molar-refractivity contribution is 5.82. The number of aryl methyl sites for hydroxylation is 1. The molecule has 1 rings (SSSR count). The molecule has 0 radical (unpaired) electrons. The molecule has 1 aromatic rings. The zero-order valence-electron chi connectivity index (χ0n) is 9.66. The van der Waals surface area contributed by atoms with Crippen LogP contribution < -0.4 is 0 Å². The van der Waals surface area contributed by atoms with Crippen LogP contribution in [0.2, 0.25) is 0 Å². The molecule has 0 aliphatic rings. The molecule has 0 fully saturated rings. The smallest absolute Gasteiger partial charge is 0.128 e. The topological polar surface area (TPSA) is 64.3 Å². The van der Waals surface area contributed by atoms with E-state index in [-0.39, 0.29) is 11.5 Å². The van der Waals surface area contributed by atoms with Crippen molar-refractivity contribution in [3.05, 3.63) is 23.3 Å². The van der Waals surface area contributed by atoms with Crippen molar-refractivity contribution < 1.29 is 10.2 Å². The Bertz CT molecular complexity index is 361. The summed E-state index contributed by atoms with van der Waals surface area (Å²) in [5.41, 5.74) is 1.27. The first kappa shape index (κ1) is 12.6. The zero-order chi connectivity index (χ0) is 12.0. The molecular weight excluding hydrogens is 202 g/mol. The van der Waals surface area contributed by atoms with Crippen molar-refractivity contribution in [2.24, 2.45) is 0 Å². The maximum Gasteiger partial charge on any atom is 0.128 e. The Hall–Kier alpha value is -1.51. The van der Waals surface area contributed by atoms with E-state index in [1.165, 1.54) is 18.9 Å². The molecular formula is C13H19NO2. The first-order chi connectivity index (χ1) is 7.69. The second-order valence-electron chi connectivity index (χ2n) is 3.99. The summed E-state index contributed by atoms with van der Waals surface area (Å²) in [5.74, 6) is 0.0874.